The maximum absolute atomic E-state index is 12.7. The van der Waals surface area contributed by atoms with Gasteiger partial charge in [0, 0.05) is 30.5 Å². The molecule has 0 aliphatic carbocycles. The molecular weight excluding hydrogens is 488 g/mol. The van der Waals surface area contributed by atoms with E-state index >= 15 is 0 Å². The largest absolute Gasteiger partial charge is 0.475 e. The summed E-state index contributed by atoms with van der Waals surface area (Å²) in [6, 6.07) is 7.84. The van der Waals surface area contributed by atoms with Crippen molar-refractivity contribution in [3.63, 3.8) is 0 Å². The van der Waals surface area contributed by atoms with Crippen molar-refractivity contribution in [2.45, 2.75) is 46.3 Å². The number of nitrogens with two attached hydrogens (primary N) is 1. The lowest BCUT2D eigenvalue weighted by Crippen LogP contribution is -2.35. The summed E-state index contributed by atoms with van der Waals surface area (Å²) in [4.78, 5) is 25.8. The van der Waals surface area contributed by atoms with Gasteiger partial charge in [0.25, 0.3) is 0 Å². The van der Waals surface area contributed by atoms with Crippen LogP contribution in [0, 0.1) is 0 Å². The Balaban J connectivity index is 1.84. The Kier molecular flexibility index (Phi) is 8.52. The van der Waals surface area contributed by atoms with Gasteiger partial charge in [-0.1, -0.05) is 19.9 Å². The zero-order valence-electron chi connectivity index (χ0n) is 22.0. The number of carbonyl (C=O) groups excluding carboxylic acids is 1. The zero-order chi connectivity index (χ0) is 26.5. The van der Waals surface area contributed by atoms with Crippen molar-refractivity contribution in [2.24, 2.45) is 5.73 Å². The molecule has 4 aromatic heterocycles. The van der Waals surface area contributed by atoms with E-state index in [1.807, 2.05) is 36.7 Å². The summed E-state index contributed by atoms with van der Waals surface area (Å²) < 4.78 is 13.2. The smallest absolute Gasteiger partial charge is 0.249 e. The van der Waals surface area contributed by atoms with Gasteiger partial charge in [-0.25, -0.2) is 14.5 Å². The van der Waals surface area contributed by atoms with Crippen LogP contribution in [-0.4, -0.2) is 69.3 Å². The molecule has 0 aliphatic heterocycles. The Morgan fingerprint density at radius 1 is 1.19 bits per heavy atom. The molecule has 2 atom stereocenters. The number of rotatable bonds is 12. The van der Waals surface area contributed by atoms with Crippen molar-refractivity contribution in [2.75, 3.05) is 26.8 Å². The quantitative estimate of drug-likeness (QED) is 0.295. The molecule has 10 heteroatoms. The van der Waals surface area contributed by atoms with Crippen LogP contribution in [0.2, 0.25) is 0 Å². The van der Waals surface area contributed by atoms with Crippen LogP contribution in [0.15, 0.2) is 42.0 Å². The number of aromatic nitrogens is 4. The Labute approximate surface area is 221 Å². The second-order valence-electron chi connectivity index (χ2n) is 8.95. The summed E-state index contributed by atoms with van der Waals surface area (Å²) in [5, 5.41) is 6.47. The van der Waals surface area contributed by atoms with Crippen LogP contribution in [0.1, 0.15) is 43.6 Å². The molecule has 0 saturated carbocycles. The van der Waals surface area contributed by atoms with Crippen LogP contribution in [0.5, 0.6) is 5.88 Å². The first-order valence-electron chi connectivity index (χ1n) is 12.5. The summed E-state index contributed by atoms with van der Waals surface area (Å²) in [7, 11) is 1.63. The predicted octanol–water partition coefficient (Wildman–Crippen LogP) is 4.31. The molecule has 0 radical (unpaired) electrons. The average Bonchev–Trinajstić information content (AvgIpc) is 3.58. The molecule has 0 fully saturated rings. The van der Waals surface area contributed by atoms with E-state index in [4.69, 9.17) is 25.2 Å². The third kappa shape index (κ3) is 5.82. The van der Waals surface area contributed by atoms with Gasteiger partial charge in [-0.3, -0.25) is 4.79 Å². The molecule has 4 rings (SSSR count). The van der Waals surface area contributed by atoms with Gasteiger partial charge in [0.2, 0.25) is 11.8 Å². The average molecular weight is 523 g/mol. The van der Waals surface area contributed by atoms with Gasteiger partial charge in [0.15, 0.2) is 5.65 Å². The van der Waals surface area contributed by atoms with Crippen LogP contribution in [0.25, 0.3) is 27.5 Å². The highest BCUT2D eigenvalue weighted by Crippen LogP contribution is 2.32. The molecule has 0 spiro atoms. The fourth-order valence-corrected chi connectivity index (χ4v) is 5.06. The first-order chi connectivity index (χ1) is 17.9. The number of amides is 1. The number of fused-ring (bicyclic) bond motifs is 1. The highest BCUT2D eigenvalue weighted by molar-refractivity contribution is 7.13. The van der Waals surface area contributed by atoms with Crippen LogP contribution in [-0.2, 0) is 11.2 Å². The van der Waals surface area contributed by atoms with E-state index in [-0.39, 0.29) is 18.8 Å². The lowest BCUT2D eigenvalue weighted by atomic mass is 9.99. The summed E-state index contributed by atoms with van der Waals surface area (Å²) in [5.41, 5.74) is 9.69. The fraction of sp³-hybridized carbons (Fsp3) is 0.407. The fourth-order valence-electron chi connectivity index (χ4n) is 4.37. The number of primary amides is 1. The number of hydrogen-bond donors (Lipinski definition) is 1. The third-order valence-electron chi connectivity index (χ3n) is 6.56. The normalized spacial score (nSPS) is 13.2. The van der Waals surface area contributed by atoms with Crippen molar-refractivity contribution < 1.29 is 14.3 Å². The molecule has 0 aromatic carbocycles. The predicted molar refractivity (Wildman–Crippen MR) is 146 cm³/mol. The van der Waals surface area contributed by atoms with Crippen molar-refractivity contribution >= 4 is 22.9 Å². The third-order valence-corrected chi connectivity index (χ3v) is 7.46. The first kappa shape index (κ1) is 26.7. The van der Waals surface area contributed by atoms with Crippen molar-refractivity contribution in [1.29, 1.82) is 0 Å². The minimum Gasteiger partial charge on any atom is -0.475 e. The molecule has 1 amide bonds. The maximum atomic E-state index is 12.7. The molecule has 4 aromatic rings. The maximum Gasteiger partial charge on any atom is 0.249 e. The van der Waals surface area contributed by atoms with Crippen LogP contribution >= 0.6 is 11.3 Å². The van der Waals surface area contributed by atoms with Crippen LogP contribution < -0.4 is 10.5 Å². The minimum absolute atomic E-state index is 0.150. The molecule has 0 bridgehead atoms. The Bertz CT molecular complexity index is 1350. The summed E-state index contributed by atoms with van der Waals surface area (Å²) in [6.45, 7) is 10.4. The molecule has 2 N–H and O–H groups in total. The van der Waals surface area contributed by atoms with Crippen molar-refractivity contribution in [3.05, 3.63) is 53.2 Å². The number of pyridine rings is 1. The summed E-state index contributed by atoms with van der Waals surface area (Å²) in [6.07, 6.45) is 3.99. The van der Waals surface area contributed by atoms with Gasteiger partial charge in [0.05, 0.1) is 34.1 Å². The van der Waals surface area contributed by atoms with Gasteiger partial charge >= 0.3 is 0 Å². The highest BCUT2D eigenvalue weighted by Gasteiger charge is 2.24. The van der Waals surface area contributed by atoms with Crippen LogP contribution in [0.4, 0.5) is 0 Å². The van der Waals surface area contributed by atoms with Gasteiger partial charge in [-0.05, 0) is 56.9 Å². The van der Waals surface area contributed by atoms with E-state index in [1.54, 1.807) is 35.2 Å². The molecule has 37 heavy (non-hydrogen) atoms. The Hall–Kier alpha value is -3.34. The Morgan fingerprint density at radius 3 is 2.62 bits per heavy atom. The number of methoxy groups -OCH3 is 1. The van der Waals surface area contributed by atoms with Gasteiger partial charge in [0.1, 0.15) is 6.61 Å². The SMILES string of the molecule is CCN(CC)[C@@H](C)Cc1c(C(N)=O)cc(-c2cnn3ccc(-c4cccs4)nc23)nc1OC[C@H](C)OC. The molecule has 0 saturated heterocycles. The van der Waals surface area contributed by atoms with E-state index in [0.717, 1.165) is 23.7 Å². The topological polar surface area (TPSA) is 108 Å². The van der Waals surface area contributed by atoms with Crippen molar-refractivity contribution in [3.8, 4) is 27.7 Å². The number of nitrogens with zero attached hydrogens (tertiary/aromatic N) is 5. The molecule has 9 nitrogen and oxygen atoms in total. The van der Waals surface area contributed by atoms with Gasteiger partial charge in [-0.2, -0.15) is 5.10 Å². The standard InChI is InChI=1S/C27H34N6O3S/c1-6-32(7-2)17(3)13-20-19(25(28)34)14-23(31-27(20)36-16-18(4)35-5)21-15-29-33-11-10-22(30-26(21)33)24-9-8-12-37-24/h8-12,14-15,17-18H,6-7,13,16H2,1-5H3,(H2,28,34)/t17-,18-/m0/s1. The molecule has 0 aliphatic rings. The molecular formula is C27H34N6O3S. The lowest BCUT2D eigenvalue weighted by Gasteiger charge is -2.27. The second kappa shape index (κ2) is 11.8. The minimum atomic E-state index is -0.529. The number of thiophene rings is 1. The number of hydrogen-bond acceptors (Lipinski definition) is 8. The first-order valence-corrected chi connectivity index (χ1v) is 13.4. The lowest BCUT2D eigenvalue weighted by molar-refractivity contribution is 0.0693. The molecule has 196 valence electrons. The van der Waals surface area contributed by atoms with Crippen LogP contribution in [0.3, 0.4) is 0 Å². The van der Waals surface area contributed by atoms with E-state index in [2.05, 4.69) is 30.8 Å². The van der Waals surface area contributed by atoms with E-state index < -0.39 is 5.91 Å². The van der Waals surface area contributed by atoms with Gasteiger partial charge in [-0.15, -0.1) is 11.3 Å². The zero-order valence-corrected chi connectivity index (χ0v) is 22.8. The second-order valence-corrected chi connectivity index (χ2v) is 9.90. The summed E-state index contributed by atoms with van der Waals surface area (Å²) >= 11 is 1.62. The van der Waals surface area contributed by atoms with Crippen molar-refractivity contribution in [1.82, 2.24) is 24.5 Å². The number of ether oxygens (including phenoxy) is 2. The van der Waals surface area contributed by atoms with E-state index in [0.29, 0.717) is 40.3 Å². The number of carbonyl (C=O) groups is 1. The van der Waals surface area contributed by atoms with E-state index in [1.165, 1.54) is 0 Å². The summed E-state index contributed by atoms with van der Waals surface area (Å²) in [5.74, 6) is -0.151. The van der Waals surface area contributed by atoms with E-state index in [9.17, 15) is 4.79 Å². The molecule has 4 heterocycles. The van der Waals surface area contributed by atoms with Gasteiger partial charge < -0.3 is 20.1 Å². The Morgan fingerprint density at radius 2 is 1.97 bits per heavy atom. The highest BCUT2D eigenvalue weighted by atomic mass is 32.1. The monoisotopic (exact) mass is 522 g/mol. The number of likely N-dealkylation sites (N-methyl/N-ethyl adjacent to an activating group) is 1. The molecule has 0 unspecified atom stereocenters.